The van der Waals surface area contributed by atoms with Gasteiger partial charge in [0.1, 0.15) is 16.7 Å². The van der Waals surface area contributed by atoms with E-state index in [9.17, 15) is 9.59 Å². The highest BCUT2D eigenvalue weighted by Gasteiger charge is 2.22. The molecule has 0 saturated heterocycles. The molecule has 5 aromatic rings. The predicted molar refractivity (Wildman–Crippen MR) is 167 cm³/mol. The normalized spacial score (nSPS) is 11.4. The van der Waals surface area contributed by atoms with Gasteiger partial charge in [0.15, 0.2) is 0 Å². The molecule has 1 atom stereocenters. The molecular weight excluding hydrogens is 575 g/mol. The number of nitrogens with one attached hydrogen (secondary N) is 2. The SMILES string of the molecule is O=C(Nc1ccc(SC(C(=O)Nc2ccc(Oc3ccccc3)cc2)c2ccccc2)cc1)c1ccc(Cl)cc1Cl. The number of anilines is 2. The highest BCUT2D eigenvalue weighted by molar-refractivity contribution is 8.00. The van der Waals surface area contributed by atoms with Crippen molar-refractivity contribution in [3.63, 3.8) is 0 Å². The number of thioether (sulfide) groups is 1. The molecule has 0 aliphatic rings. The van der Waals surface area contributed by atoms with Gasteiger partial charge in [-0.05, 0) is 84.4 Å². The van der Waals surface area contributed by atoms with E-state index in [1.165, 1.54) is 17.8 Å². The fraction of sp³-hybridized carbons (Fsp3) is 0.0303. The van der Waals surface area contributed by atoms with E-state index >= 15 is 0 Å². The van der Waals surface area contributed by atoms with Crippen molar-refractivity contribution in [3.8, 4) is 11.5 Å². The number of carbonyl (C=O) groups is 2. The van der Waals surface area contributed by atoms with Gasteiger partial charge < -0.3 is 15.4 Å². The summed E-state index contributed by atoms with van der Waals surface area (Å²) in [7, 11) is 0. The van der Waals surface area contributed by atoms with Gasteiger partial charge in [-0.3, -0.25) is 9.59 Å². The molecule has 2 N–H and O–H groups in total. The summed E-state index contributed by atoms with van der Waals surface area (Å²) in [4.78, 5) is 27.0. The third-order valence-corrected chi connectivity index (χ3v) is 7.80. The summed E-state index contributed by atoms with van der Waals surface area (Å²) >= 11 is 13.5. The van der Waals surface area contributed by atoms with Gasteiger partial charge in [-0.2, -0.15) is 0 Å². The topological polar surface area (TPSA) is 67.4 Å². The molecule has 0 fully saturated rings. The van der Waals surface area contributed by atoms with Gasteiger partial charge in [-0.15, -0.1) is 11.8 Å². The number of ether oxygens (including phenoxy) is 1. The van der Waals surface area contributed by atoms with Crippen LogP contribution in [0.1, 0.15) is 21.2 Å². The van der Waals surface area contributed by atoms with Gasteiger partial charge in [-0.1, -0.05) is 71.7 Å². The van der Waals surface area contributed by atoms with Crippen molar-refractivity contribution >= 4 is 58.2 Å². The number of amides is 2. The zero-order chi connectivity index (χ0) is 28.6. The largest absolute Gasteiger partial charge is 0.457 e. The minimum atomic E-state index is -0.509. The summed E-state index contributed by atoms with van der Waals surface area (Å²) in [6.07, 6.45) is 0. The Labute approximate surface area is 252 Å². The highest BCUT2D eigenvalue weighted by atomic mass is 35.5. The molecule has 0 radical (unpaired) electrons. The van der Waals surface area contributed by atoms with Gasteiger partial charge in [0.05, 0.1) is 10.6 Å². The number of benzene rings is 5. The second-order valence-corrected chi connectivity index (χ2v) is 11.0. The third-order valence-electron chi connectivity index (χ3n) is 5.98. The number of carbonyl (C=O) groups excluding carboxylic acids is 2. The molecule has 8 heteroatoms. The first-order valence-electron chi connectivity index (χ1n) is 12.7. The van der Waals surface area contributed by atoms with Crippen LogP contribution < -0.4 is 15.4 Å². The van der Waals surface area contributed by atoms with E-state index in [1.54, 1.807) is 24.3 Å². The Balaban J connectivity index is 1.26. The Bertz CT molecular complexity index is 1630. The molecule has 0 aliphatic carbocycles. The van der Waals surface area contributed by atoms with Crippen molar-refractivity contribution in [1.29, 1.82) is 0 Å². The first-order chi connectivity index (χ1) is 19.9. The summed E-state index contributed by atoms with van der Waals surface area (Å²) in [5.41, 5.74) is 2.46. The van der Waals surface area contributed by atoms with Crippen LogP contribution in [-0.4, -0.2) is 11.8 Å². The van der Waals surface area contributed by atoms with Crippen LogP contribution in [0.3, 0.4) is 0 Å². The highest BCUT2D eigenvalue weighted by Crippen LogP contribution is 2.37. The van der Waals surface area contributed by atoms with Crippen LogP contribution in [0.25, 0.3) is 0 Å². The van der Waals surface area contributed by atoms with Crippen molar-refractivity contribution in [3.05, 3.63) is 149 Å². The fourth-order valence-electron chi connectivity index (χ4n) is 3.96. The zero-order valence-electron chi connectivity index (χ0n) is 21.6. The standard InChI is InChI=1S/C33H24Cl2N2O3S/c34-23-11-20-29(30(35)21-23)32(38)36-25-14-18-28(19-15-25)41-31(22-7-3-1-4-8-22)33(39)37-24-12-16-27(17-13-24)40-26-9-5-2-6-10-26/h1-21,31H,(H,36,38)(H,37,39). The van der Waals surface area contributed by atoms with E-state index in [2.05, 4.69) is 10.6 Å². The Morgan fingerprint density at radius 2 is 1.24 bits per heavy atom. The predicted octanol–water partition coefficient (Wildman–Crippen LogP) is 9.51. The van der Waals surface area contributed by atoms with E-state index < -0.39 is 5.25 Å². The Hall–Kier alpha value is -4.23. The van der Waals surface area contributed by atoms with Gasteiger partial charge in [0.2, 0.25) is 5.91 Å². The van der Waals surface area contributed by atoms with Gasteiger partial charge in [0.25, 0.3) is 5.91 Å². The second-order valence-electron chi connectivity index (χ2n) is 8.94. The number of rotatable bonds is 9. The van der Waals surface area contributed by atoms with E-state index in [0.717, 1.165) is 16.2 Å². The number of hydrogen-bond acceptors (Lipinski definition) is 4. The summed E-state index contributed by atoms with van der Waals surface area (Å²) < 4.78 is 5.85. The lowest BCUT2D eigenvalue weighted by Gasteiger charge is -2.18. The monoisotopic (exact) mass is 598 g/mol. The van der Waals surface area contributed by atoms with Crippen LogP contribution >= 0.6 is 35.0 Å². The summed E-state index contributed by atoms with van der Waals surface area (Å²) in [6, 6.07) is 38.4. The van der Waals surface area contributed by atoms with Crippen molar-refractivity contribution in [2.45, 2.75) is 10.1 Å². The lowest BCUT2D eigenvalue weighted by atomic mass is 10.1. The lowest BCUT2D eigenvalue weighted by Crippen LogP contribution is -2.19. The molecule has 5 rings (SSSR count). The van der Waals surface area contributed by atoms with Crippen LogP contribution in [0.4, 0.5) is 11.4 Å². The van der Waals surface area contributed by atoms with Gasteiger partial charge in [-0.25, -0.2) is 0 Å². The molecule has 0 heterocycles. The maximum Gasteiger partial charge on any atom is 0.257 e. The molecule has 0 saturated carbocycles. The Morgan fingerprint density at radius 1 is 0.659 bits per heavy atom. The quantitative estimate of drug-likeness (QED) is 0.166. The Morgan fingerprint density at radius 3 is 1.90 bits per heavy atom. The van der Waals surface area contributed by atoms with E-state index in [4.69, 9.17) is 27.9 Å². The first-order valence-corrected chi connectivity index (χ1v) is 14.3. The summed E-state index contributed by atoms with van der Waals surface area (Å²) in [5.74, 6) is 0.916. The van der Waals surface area contributed by atoms with Crippen molar-refractivity contribution < 1.29 is 14.3 Å². The van der Waals surface area contributed by atoms with E-state index in [1.807, 2.05) is 97.1 Å². The molecule has 1 unspecified atom stereocenters. The number of para-hydroxylation sites is 1. The summed E-state index contributed by atoms with van der Waals surface area (Å²) in [5, 5.41) is 6.09. The average molecular weight is 600 g/mol. The first kappa shape index (κ1) is 28.3. The minimum Gasteiger partial charge on any atom is -0.457 e. The van der Waals surface area contributed by atoms with E-state index in [-0.39, 0.29) is 16.8 Å². The maximum absolute atomic E-state index is 13.5. The summed E-state index contributed by atoms with van der Waals surface area (Å²) in [6.45, 7) is 0. The molecule has 0 aliphatic heterocycles. The van der Waals surface area contributed by atoms with Crippen LogP contribution in [0.5, 0.6) is 11.5 Å². The van der Waals surface area contributed by atoms with Crippen molar-refractivity contribution in [2.75, 3.05) is 10.6 Å². The molecule has 0 aromatic heterocycles. The Kier molecular flexibility index (Phi) is 9.26. The number of hydrogen-bond donors (Lipinski definition) is 2. The third kappa shape index (κ3) is 7.70. The maximum atomic E-state index is 13.5. The van der Waals surface area contributed by atoms with Crippen molar-refractivity contribution in [2.24, 2.45) is 0 Å². The van der Waals surface area contributed by atoms with Crippen molar-refractivity contribution in [1.82, 2.24) is 0 Å². The zero-order valence-corrected chi connectivity index (χ0v) is 23.9. The fourth-order valence-corrected chi connectivity index (χ4v) is 5.48. The molecule has 0 spiro atoms. The molecule has 2 amide bonds. The van der Waals surface area contributed by atoms with Crippen LogP contribution in [-0.2, 0) is 4.79 Å². The average Bonchev–Trinajstić information content (AvgIpc) is 2.98. The van der Waals surface area contributed by atoms with Crippen LogP contribution in [0.2, 0.25) is 10.0 Å². The van der Waals surface area contributed by atoms with Gasteiger partial charge in [0, 0.05) is 21.3 Å². The molecule has 204 valence electrons. The minimum absolute atomic E-state index is 0.160. The molecule has 5 nitrogen and oxygen atoms in total. The lowest BCUT2D eigenvalue weighted by molar-refractivity contribution is -0.115. The molecule has 41 heavy (non-hydrogen) atoms. The molecule has 5 aromatic carbocycles. The number of halogens is 2. The van der Waals surface area contributed by atoms with E-state index in [0.29, 0.717) is 27.7 Å². The van der Waals surface area contributed by atoms with Crippen LogP contribution in [0.15, 0.2) is 132 Å². The van der Waals surface area contributed by atoms with Gasteiger partial charge >= 0.3 is 0 Å². The molecule has 0 bridgehead atoms. The molecular formula is C33H24Cl2N2O3S. The second kappa shape index (κ2) is 13.4. The smallest absolute Gasteiger partial charge is 0.257 e. The van der Waals surface area contributed by atoms with Crippen LogP contribution in [0, 0.1) is 0 Å².